The molecule has 1 saturated heterocycles. The van der Waals surface area contributed by atoms with Gasteiger partial charge in [-0.1, -0.05) is 12.1 Å². The van der Waals surface area contributed by atoms with Gasteiger partial charge in [0.2, 0.25) is 0 Å². The molecule has 4 nitrogen and oxygen atoms in total. The monoisotopic (exact) mass is 297 g/mol. The molecule has 0 spiro atoms. The van der Waals surface area contributed by atoms with Crippen LogP contribution in [0.3, 0.4) is 0 Å². The molecule has 0 radical (unpaired) electrons. The van der Waals surface area contributed by atoms with Crippen LogP contribution in [0.5, 0.6) is 0 Å². The van der Waals surface area contributed by atoms with Crippen molar-refractivity contribution in [3.63, 3.8) is 0 Å². The van der Waals surface area contributed by atoms with Gasteiger partial charge in [0, 0.05) is 12.7 Å². The lowest BCUT2D eigenvalue weighted by Crippen LogP contribution is -2.26. The molecule has 2 atom stereocenters. The van der Waals surface area contributed by atoms with E-state index >= 15 is 0 Å². The van der Waals surface area contributed by atoms with Crippen molar-refractivity contribution < 1.29 is 9.50 Å². The molecule has 1 fully saturated rings. The van der Waals surface area contributed by atoms with E-state index in [0.29, 0.717) is 24.3 Å². The average molecular weight is 297 g/mol. The van der Waals surface area contributed by atoms with Crippen LogP contribution < -0.4 is 4.90 Å². The summed E-state index contributed by atoms with van der Waals surface area (Å²) >= 11 is 0. The van der Waals surface area contributed by atoms with Crippen LogP contribution in [0.1, 0.15) is 29.2 Å². The highest BCUT2D eigenvalue weighted by molar-refractivity contribution is 5.59. The van der Waals surface area contributed by atoms with Crippen LogP contribution in [0, 0.1) is 24.1 Å². The highest BCUT2D eigenvalue weighted by atomic mass is 19.1. The third-order valence-electron chi connectivity index (χ3n) is 4.06. The first-order chi connectivity index (χ1) is 10.6. The number of aryl methyl sites for hydroxylation is 1. The van der Waals surface area contributed by atoms with Gasteiger partial charge >= 0.3 is 0 Å². The number of aliphatic hydroxyl groups excluding tert-OH is 1. The maximum absolute atomic E-state index is 13.1. The Hall–Kier alpha value is -2.45. The van der Waals surface area contributed by atoms with E-state index < -0.39 is 6.10 Å². The Kier molecular flexibility index (Phi) is 3.78. The normalized spacial score (nSPS) is 20.9. The fraction of sp³-hybridized carbons (Fsp3) is 0.294. The molecule has 0 aliphatic carbocycles. The van der Waals surface area contributed by atoms with Gasteiger partial charge in [-0.25, -0.2) is 9.37 Å². The van der Waals surface area contributed by atoms with Gasteiger partial charge in [0.1, 0.15) is 17.7 Å². The van der Waals surface area contributed by atoms with Gasteiger partial charge in [-0.05, 0) is 42.7 Å². The number of aliphatic hydroxyl groups is 1. The van der Waals surface area contributed by atoms with Gasteiger partial charge < -0.3 is 10.0 Å². The van der Waals surface area contributed by atoms with Crippen molar-refractivity contribution in [2.24, 2.45) is 0 Å². The third-order valence-corrected chi connectivity index (χ3v) is 4.06. The Morgan fingerprint density at radius 1 is 1.32 bits per heavy atom. The van der Waals surface area contributed by atoms with E-state index in [2.05, 4.69) is 11.1 Å². The first kappa shape index (κ1) is 14.5. The molecule has 0 bridgehead atoms. The number of aromatic nitrogens is 1. The first-order valence-electron chi connectivity index (χ1n) is 7.16. The smallest absolute Gasteiger partial charge is 0.147 e. The van der Waals surface area contributed by atoms with Crippen molar-refractivity contribution in [2.75, 3.05) is 11.4 Å². The molecule has 2 heterocycles. The summed E-state index contributed by atoms with van der Waals surface area (Å²) in [5.41, 5.74) is 2.28. The van der Waals surface area contributed by atoms with Crippen LogP contribution in [-0.4, -0.2) is 22.7 Å². The van der Waals surface area contributed by atoms with E-state index in [1.165, 1.54) is 12.1 Å². The van der Waals surface area contributed by atoms with E-state index in [9.17, 15) is 14.8 Å². The van der Waals surface area contributed by atoms with Gasteiger partial charge in [0.25, 0.3) is 0 Å². The molecule has 5 heteroatoms. The van der Waals surface area contributed by atoms with Crippen molar-refractivity contribution in [2.45, 2.75) is 25.5 Å². The lowest BCUT2D eigenvalue weighted by molar-refractivity contribution is 0.194. The molecule has 1 aromatic carbocycles. The number of hydrogen-bond donors (Lipinski definition) is 1. The highest BCUT2D eigenvalue weighted by Gasteiger charge is 2.34. The fourth-order valence-electron chi connectivity index (χ4n) is 2.95. The fourth-order valence-corrected chi connectivity index (χ4v) is 2.95. The maximum Gasteiger partial charge on any atom is 0.147 e. The van der Waals surface area contributed by atoms with Crippen LogP contribution in [0.25, 0.3) is 0 Å². The van der Waals surface area contributed by atoms with Crippen LogP contribution in [-0.2, 0) is 0 Å². The topological polar surface area (TPSA) is 60.1 Å². The summed E-state index contributed by atoms with van der Waals surface area (Å²) in [4.78, 5) is 6.27. The molecule has 112 valence electrons. The minimum atomic E-state index is -0.496. The molecule has 22 heavy (non-hydrogen) atoms. The number of pyridine rings is 1. The van der Waals surface area contributed by atoms with E-state index in [0.717, 1.165) is 11.1 Å². The van der Waals surface area contributed by atoms with Crippen molar-refractivity contribution in [3.05, 3.63) is 59.0 Å². The Balaban J connectivity index is 2.03. The van der Waals surface area contributed by atoms with Crippen LogP contribution in [0.15, 0.2) is 36.5 Å². The number of nitrogens with zero attached hydrogens (tertiary/aromatic N) is 3. The third kappa shape index (κ3) is 2.53. The molecule has 0 unspecified atom stereocenters. The zero-order chi connectivity index (χ0) is 15.7. The molecular weight excluding hydrogens is 281 g/mol. The minimum Gasteiger partial charge on any atom is -0.391 e. The molecule has 0 saturated carbocycles. The quantitative estimate of drug-likeness (QED) is 0.926. The molecule has 2 aromatic rings. The Labute approximate surface area is 128 Å². The minimum absolute atomic E-state index is 0.114. The van der Waals surface area contributed by atoms with Gasteiger partial charge in [0.05, 0.1) is 17.7 Å². The van der Waals surface area contributed by atoms with Crippen molar-refractivity contribution in [3.8, 4) is 6.07 Å². The summed E-state index contributed by atoms with van der Waals surface area (Å²) in [6.45, 7) is 2.27. The number of β-amino-alcohol motifs (C(OH)–C–C–N with tert-alkyl or cyclic N) is 1. The largest absolute Gasteiger partial charge is 0.391 e. The molecule has 1 aliphatic heterocycles. The zero-order valence-corrected chi connectivity index (χ0v) is 12.2. The number of rotatable bonds is 2. The van der Waals surface area contributed by atoms with Gasteiger partial charge in [-0.15, -0.1) is 0 Å². The first-order valence-corrected chi connectivity index (χ1v) is 7.16. The maximum atomic E-state index is 13.1. The number of benzene rings is 1. The van der Waals surface area contributed by atoms with Gasteiger partial charge in [-0.3, -0.25) is 0 Å². The lowest BCUT2D eigenvalue weighted by Gasteiger charge is -2.27. The highest BCUT2D eigenvalue weighted by Crippen LogP contribution is 2.37. The molecule has 1 N–H and O–H groups in total. The second-order valence-electron chi connectivity index (χ2n) is 5.55. The second-order valence-corrected chi connectivity index (χ2v) is 5.55. The predicted octanol–water partition coefficient (Wildman–Crippen LogP) is 2.71. The molecule has 1 aliphatic rings. The number of anilines is 1. The summed E-state index contributed by atoms with van der Waals surface area (Å²) in [6.07, 6.45) is 1.70. The predicted molar refractivity (Wildman–Crippen MR) is 80.8 cm³/mol. The molecule has 3 rings (SSSR count). The van der Waals surface area contributed by atoms with Crippen molar-refractivity contribution in [1.29, 1.82) is 5.26 Å². The standard InChI is InChI=1S/C17H16FN3O/c1-11-6-7-20-17(15(11)9-19)21-10-14(22)8-16(21)12-2-4-13(18)5-3-12/h2-7,14,16,22H,8,10H2,1H3/t14-,16+/m1/s1. The van der Waals surface area contributed by atoms with Gasteiger partial charge in [0.15, 0.2) is 0 Å². The number of halogens is 1. The van der Waals surface area contributed by atoms with Crippen LogP contribution >= 0.6 is 0 Å². The summed E-state index contributed by atoms with van der Waals surface area (Å²) in [5, 5.41) is 19.4. The molecular formula is C17H16FN3O. The van der Waals surface area contributed by atoms with E-state index in [4.69, 9.17) is 0 Å². The summed E-state index contributed by atoms with van der Waals surface area (Å²) in [5.74, 6) is 0.286. The summed E-state index contributed by atoms with van der Waals surface area (Å²) in [7, 11) is 0. The SMILES string of the molecule is Cc1ccnc(N2C[C@H](O)C[C@H]2c2ccc(F)cc2)c1C#N. The van der Waals surface area contributed by atoms with Crippen LogP contribution in [0.4, 0.5) is 10.2 Å². The van der Waals surface area contributed by atoms with Crippen LogP contribution in [0.2, 0.25) is 0 Å². The second kappa shape index (κ2) is 5.74. The van der Waals surface area contributed by atoms with E-state index in [-0.39, 0.29) is 11.9 Å². The average Bonchev–Trinajstić information content (AvgIpc) is 2.89. The van der Waals surface area contributed by atoms with E-state index in [1.807, 2.05) is 11.8 Å². The molecule has 0 amide bonds. The summed E-state index contributed by atoms with van der Waals surface area (Å²) < 4.78 is 13.1. The Morgan fingerprint density at radius 2 is 2.05 bits per heavy atom. The van der Waals surface area contributed by atoms with Crippen molar-refractivity contribution in [1.82, 2.24) is 4.98 Å². The zero-order valence-electron chi connectivity index (χ0n) is 12.2. The summed E-state index contributed by atoms with van der Waals surface area (Å²) in [6, 6.07) is 10.1. The lowest BCUT2D eigenvalue weighted by atomic mass is 10.0. The van der Waals surface area contributed by atoms with Gasteiger partial charge in [-0.2, -0.15) is 5.26 Å². The Morgan fingerprint density at radius 3 is 2.73 bits per heavy atom. The number of hydrogen-bond acceptors (Lipinski definition) is 4. The molecule has 1 aromatic heterocycles. The Bertz CT molecular complexity index is 724. The van der Waals surface area contributed by atoms with E-state index in [1.54, 1.807) is 24.4 Å². The number of nitriles is 1. The van der Waals surface area contributed by atoms with Crippen molar-refractivity contribution >= 4 is 5.82 Å².